The number of carbonyl (C=O) groups excluding carboxylic acids is 1. The Kier molecular flexibility index (Phi) is 7.19. The van der Waals surface area contributed by atoms with Gasteiger partial charge >= 0.3 is 0 Å². The Hall–Kier alpha value is -0.570. The Morgan fingerprint density at radius 2 is 1.90 bits per heavy atom. The van der Waals surface area contributed by atoms with Crippen molar-refractivity contribution in [3.8, 4) is 0 Å². The summed E-state index contributed by atoms with van der Waals surface area (Å²) in [6.45, 7) is 10.3. The molecule has 3 nitrogen and oxygen atoms in total. The van der Waals surface area contributed by atoms with Crippen molar-refractivity contribution in [2.24, 2.45) is 22.5 Å². The molecular weight excluding hydrogens is 260 g/mol. The van der Waals surface area contributed by atoms with E-state index in [1.807, 2.05) is 0 Å². The molecule has 3 N–H and O–H groups in total. The summed E-state index contributed by atoms with van der Waals surface area (Å²) in [5.41, 5.74) is 5.84. The van der Waals surface area contributed by atoms with Crippen molar-refractivity contribution >= 4 is 5.91 Å². The van der Waals surface area contributed by atoms with Crippen molar-refractivity contribution in [2.45, 2.75) is 79.1 Å². The maximum absolute atomic E-state index is 12.6. The predicted molar refractivity (Wildman–Crippen MR) is 90.1 cm³/mol. The third-order valence-electron chi connectivity index (χ3n) is 5.29. The monoisotopic (exact) mass is 296 g/mol. The van der Waals surface area contributed by atoms with Gasteiger partial charge in [-0.2, -0.15) is 0 Å². The lowest BCUT2D eigenvalue weighted by Gasteiger charge is -2.38. The molecule has 21 heavy (non-hydrogen) atoms. The molecule has 0 aliphatic heterocycles. The van der Waals surface area contributed by atoms with Crippen molar-refractivity contribution in [3.05, 3.63) is 0 Å². The van der Waals surface area contributed by atoms with Gasteiger partial charge in [0.2, 0.25) is 5.91 Å². The topological polar surface area (TPSA) is 55.1 Å². The number of rotatable bonds is 8. The maximum atomic E-state index is 12.6. The lowest BCUT2D eigenvalue weighted by molar-refractivity contribution is -0.133. The van der Waals surface area contributed by atoms with Gasteiger partial charge in [-0.05, 0) is 43.4 Å². The highest BCUT2D eigenvalue weighted by Crippen LogP contribution is 2.38. The molecule has 1 saturated carbocycles. The molecule has 1 amide bonds. The smallest absolute Gasteiger partial charge is 0.227 e. The molecule has 0 aromatic rings. The van der Waals surface area contributed by atoms with E-state index in [1.54, 1.807) is 0 Å². The Labute approximate surface area is 131 Å². The minimum Gasteiger partial charge on any atom is -0.355 e. The van der Waals surface area contributed by atoms with Crippen LogP contribution < -0.4 is 11.1 Å². The fourth-order valence-electron chi connectivity index (χ4n) is 3.29. The highest BCUT2D eigenvalue weighted by molar-refractivity contribution is 5.83. The van der Waals surface area contributed by atoms with Crippen molar-refractivity contribution in [1.82, 2.24) is 5.32 Å². The number of hydrogen-bond donors (Lipinski definition) is 2. The molecule has 1 aliphatic rings. The summed E-state index contributed by atoms with van der Waals surface area (Å²) < 4.78 is 0. The molecule has 124 valence electrons. The van der Waals surface area contributed by atoms with Crippen LogP contribution in [0.3, 0.4) is 0 Å². The molecule has 0 saturated heterocycles. The first-order valence-electron chi connectivity index (χ1n) is 8.83. The van der Waals surface area contributed by atoms with Crippen LogP contribution in [0, 0.1) is 16.7 Å². The van der Waals surface area contributed by atoms with Crippen LogP contribution in [0.5, 0.6) is 0 Å². The number of carbonyl (C=O) groups is 1. The van der Waals surface area contributed by atoms with E-state index in [-0.39, 0.29) is 16.7 Å². The van der Waals surface area contributed by atoms with Gasteiger partial charge < -0.3 is 11.1 Å². The zero-order valence-corrected chi connectivity index (χ0v) is 14.6. The van der Waals surface area contributed by atoms with Gasteiger partial charge in [0.05, 0.1) is 5.41 Å². The van der Waals surface area contributed by atoms with Crippen LogP contribution in [0.1, 0.15) is 79.1 Å². The van der Waals surface area contributed by atoms with Crippen molar-refractivity contribution in [2.75, 3.05) is 13.1 Å². The standard InChI is InChI=1S/C18H36N2O/c1-5-6-7-10-17(3,4)14-20-16(21)18(13-19)11-8-15(2)9-12-18/h15H,5-14,19H2,1-4H3,(H,20,21). The summed E-state index contributed by atoms with van der Waals surface area (Å²) in [5, 5.41) is 3.21. The van der Waals surface area contributed by atoms with Gasteiger partial charge in [0.1, 0.15) is 0 Å². The van der Waals surface area contributed by atoms with Crippen LogP contribution in [0.2, 0.25) is 0 Å². The Bertz CT molecular complexity index is 317. The van der Waals surface area contributed by atoms with Crippen LogP contribution >= 0.6 is 0 Å². The highest BCUT2D eigenvalue weighted by Gasteiger charge is 2.40. The van der Waals surface area contributed by atoms with Gasteiger partial charge in [-0.1, -0.05) is 47.0 Å². The zero-order valence-electron chi connectivity index (χ0n) is 14.6. The minimum atomic E-state index is -0.300. The fraction of sp³-hybridized carbons (Fsp3) is 0.944. The lowest BCUT2D eigenvalue weighted by Crippen LogP contribution is -2.49. The summed E-state index contributed by atoms with van der Waals surface area (Å²) in [5.74, 6) is 0.934. The number of hydrogen-bond acceptors (Lipinski definition) is 2. The summed E-state index contributed by atoms with van der Waals surface area (Å²) in [6, 6.07) is 0. The van der Waals surface area contributed by atoms with E-state index in [2.05, 4.69) is 33.0 Å². The van der Waals surface area contributed by atoms with Crippen molar-refractivity contribution in [3.63, 3.8) is 0 Å². The maximum Gasteiger partial charge on any atom is 0.227 e. The SMILES string of the molecule is CCCCCC(C)(C)CNC(=O)C1(CN)CCC(C)CC1. The second kappa shape index (κ2) is 8.17. The number of amides is 1. The van der Waals surface area contributed by atoms with Gasteiger partial charge in [-0.15, -0.1) is 0 Å². The van der Waals surface area contributed by atoms with Crippen LogP contribution in [0.4, 0.5) is 0 Å². The van der Waals surface area contributed by atoms with Gasteiger partial charge in [0, 0.05) is 13.1 Å². The summed E-state index contributed by atoms with van der Waals surface area (Å²) in [7, 11) is 0. The predicted octanol–water partition coefficient (Wildman–Crippen LogP) is 3.86. The molecule has 0 aromatic carbocycles. The molecule has 0 spiro atoms. The van der Waals surface area contributed by atoms with E-state index < -0.39 is 0 Å². The number of unbranched alkanes of at least 4 members (excludes halogenated alkanes) is 2. The van der Waals surface area contributed by atoms with Crippen LogP contribution in [0.25, 0.3) is 0 Å². The average molecular weight is 296 g/mol. The molecular formula is C18H36N2O. The fourth-order valence-corrected chi connectivity index (χ4v) is 3.29. The highest BCUT2D eigenvalue weighted by atomic mass is 16.2. The van der Waals surface area contributed by atoms with Gasteiger partial charge in [-0.3, -0.25) is 4.79 Å². The first-order valence-corrected chi connectivity index (χ1v) is 8.83. The molecule has 1 rings (SSSR count). The molecule has 0 atom stereocenters. The summed E-state index contributed by atoms with van der Waals surface area (Å²) in [4.78, 5) is 12.6. The molecule has 1 fully saturated rings. The molecule has 1 aliphatic carbocycles. The molecule has 3 heteroatoms. The molecule has 0 radical (unpaired) electrons. The second-order valence-electron chi connectivity index (χ2n) is 7.97. The molecule has 0 heterocycles. The molecule has 0 bridgehead atoms. The summed E-state index contributed by atoms with van der Waals surface area (Å²) in [6.07, 6.45) is 9.11. The third-order valence-corrected chi connectivity index (χ3v) is 5.29. The molecule has 0 unspecified atom stereocenters. The van der Waals surface area contributed by atoms with Gasteiger partial charge in [-0.25, -0.2) is 0 Å². The van der Waals surface area contributed by atoms with Crippen molar-refractivity contribution in [1.29, 1.82) is 0 Å². The van der Waals surface area contributed by atoms with E-state index in [1.165, 1.54) is 25.7 Å². The van der Waals surface area contributed by atoms with E-state index in [0.717, 1.165) is 38.1 Å². The Morgan fingerprint density at radius 1 is 1.29 bits per heavy atom. The van der Waals surface area contributed by atoms with Gasteiger partial charge in [0.15, 0.2) is 0 Å². The quantitative estimate of drug-likeness (QED) is 0.668. The van der Waals surface area contributed by atoms with Gasteiger partial charge in [0.25, 0.3) is 0 Å². The van der Waals surface area contributed by atoms with Crippen molar-refractivity contribution < 1.29 is 4.79 Å². The van der Waals surface area contributed by atoms with E-state index in [0.29, 0.717) is 6.54 Å². The zero-order chi connectivity index (χ0) is 15.9. The van der Waals surface area contributed by atoms with Crippen LogP contribution in [-0.2, 0) is 4.79 Å². The van der Waals surface area contributed by atoms with Crippen LogP contribution in [0.15, 0.2) is 0 Å². The first kappa shape index (κ1) is 18.5. The van der Waals surface area contributed by atoms with E-state index in [9.17, 15) is 4.79 Å². The normalized spacial score (nSPS) is 26.6. The Morgan fingerprint density at radius 3 is 2.43 bits per heavy atom. The Balaban J connectivity index is 2.47. The molecule has 0 aromatic heterocycles. The number of nitrogens with one attached hydrogen (secondary N) is 1. The van der Waals surface area contributed by atoms with E-state index >= 15 is 0 Å². The third kappa shape index (κ3) is 5.61. The van der Waals surface area contributed by atoms with Crippen LogP contribution in [-0.4, -0.2) is 19.0 Å². The lowest BCUT2D eigenvalue weighted by atomic mass is 9.70. The second-order valence-corrected chi connectivity index (χ2v) is 7.97. The largest absolute Gasteiger partial charge is 0.355 e. The first-order chi connectivity index (χ1) is 9.85. The average Bonchev–Trinajstić information content (AvgIpc) is 2.46. The minimum absolute atomic E-state index is 0.183. The summed E-state index contributed by atoms with van der Waals surface area (Å²) >= 11 is 0. The number of nitrogens with two attached hydrogens (primary N) is 1. The van der Waals surface area contributed by atoms with E-state index in [4.69, 9.17) is 5.73 Å².